The van der Waals surface area contributed by atoms with Crippen molar-refractivity contribution in [3.8, 4) is 0 Å². The Labute approximate surface area is 156 Å². The highest BCUT2D eigenvalue weighted by molar-refractivity contribution is 5.99. The first-order valence-electron chi connectivity index (χ1n) is 8.68. The van der Waals surface area contributed by atoms with Crippen molar-refractivity contribution in [1.82, 2.24) is 19.8 Å². The Hall–Kier alpha value is -3.42. The minimum Gasteiger partial charge on any atom is -0.361 e. The Bertz CT molecular complexity index is 956. The molecule has 138 valence electrons. The number of aliphatic imine (C=N–C) groups is 1. The van der Waals surface area contributed by atoms with E-state index in [1.165, 1.54) is 0 Å². The zero-order chi connectivity index (χ0) is 18.8. The van der Waals surface area contributed by atoms with E-state index in [9.17, 15) is 4.79 Å². The number of aromatic nitrogens is 3. The normalized spacial score (nSPS) is 14.2. The standard InChI is InChI=1S/C19H20N6O2/c1-14-18(15(2)27-22-14)11-24-10-17(8-21-24)25-13-20-12-23(19(25)26)9-16-6-4-3-5-7-16/h3-8,10,12H,9,11,13H2,1-2H3. The molecule has 0 unspecified atom stereocenters. The van der Waals surface area contributed by atoms with Gasteiger partial charge in [-0.3, -0.25) is 19.5 Å². The maximum atomic E-state index is 12.9. The fraction of sp³-hybridized carbons (Fsp3) is 0.263. The smallest absolute Gasteiger partial charge is 0.331 e. The number of rotatable bonds is 5. The third-order valence-corrected chi connectivity index (χ3v) is 4.55. The summed E-state index contributed by atoms with van der Waals surface area (Å²) in [6, 6.07) is 9.72. The Balaban J connectivity index is 1.49. The lowest BCUT2D eigenvalue weighted by molar-refractivity contribution is 0.225. The van der Waals surface area contributed by atoms with Crippen molar-refractivity contribution in [2.45, 2.75) is 26.9 Å². The lowest BCUT2D eigenvalue weighted by Crippen LogP contribution is -2.45. The highest BCUT2D eigenvalue weighted by atomic mass is 16.5. The molecule has 2 amide bonds. The van der Waals surface area contributed by atoms with Crippen LogP contribution in [-0.2, 0) is 13.1 Å². The summed E-state index contributed by atoms with van der Waals surface area (Å²) in [5, 5.41) is 8.34. The monoisotopic (exact) mass is 364 g/mol. The van der Waals surface area contributed by atoms with Gasteiger partial charge in [0.1, 0.15) is 12.4 Å². The summed E-state index contributed by atoms with van der Waals surface area (Å²) in [6.45, 7) is 5.08. The fourth-order valence-corrected chi connectivity index (χ4v) is 3.03. The summed E-state index contributed by atoms with van der Waals surface area (Å²) in [5.41, 5.74) is 3.60. The number of carbonyl (C=O) groups is 1. The van der Waals surface area contributed by atoms with Crippen LogP contribution in [0.15, 0.2) is 52.2 Å². The largest absolute Gasteiger partial charge is 0.361 e. The van der Waals surface area contributed by atoms with Crippen LogP contribution in [0.4, 0.5) is 10.5 Å². The number of nitrogens with zero attached hydrogens (tertiary/aromatic N) is 6. The molecule has 2 aromatic heterocycles. The molecule has 8 nitrogen and oxygen atoms in total. The number of carbonyl (C=O) groups excluding carboxylic acids is 1. The SMILES string of the molecule is Cc1noc(C)c1Cn1cc(N2CN=CN(Cc3ccccc3)C2=O)cn1. The van der Waals surface area contributed by atoms with Gasteiger partial charge < -0.3 is 4.52 Å². The number of benzene rings is 1. The Morgan fingerprint density at radius 3 is 2.70 bits per heavy atom. The van der Waals surface area contributed by atoms with Gasteiger partial charge >= 0.3 is 6.03 Å². The van der Waals surface area contributed by atoms with Crippen molar-refractivity contribution in [2.75, 3.05) is 11.6 Å². The van der Waals surface area contributed by atoms with Crippen LogP contribution in [0.3, 0.4) is 0 Å². The van der Waals surface area contributed by atoms with Crippen LogP contribution < -0.4 is 4.90 Å². The van der Waals surface area contributed by atoms with Crippen LogP contribution in [0.2, 0.25) is 0 Å². The second-order valence-corrected chi connectivity index (χ2v) is 6.46. The van der Waals surface area contributed by atoms with Crippen molar-refractivity contribution in [2.24, 2.45) is 4.99 Å². The summed E-state index contributed by atoms with van der Waals surface area (Å²) < 4.78 is 6.97. The lowest BCUT2D eigenvalue weighted by Gasteiger charge is -2.29. The van der Waals surface area contributed by atoms with Crippen LogP contribution >= 0.6 is 0 Å². The Morgan fingerprint density at radius 1 is 1.15 bits per heavy atom. The molecule has 0 spiro atoms. The predicted octanol–water partition coefficient (Wildman–Crippen LogP) is 2.96. The molecule has 0 N–H and O–H groups in total. The maximum Gasteiger partial charge on any atom is 0.331 e. The van der Waals surface area contributed by atoms with Gasteiger partial charge in [0.25, 0.3) is 0 Å². The summed E-state index contributed by atoms with van der Waals surface area (Å²) in [5.74, 6) is 0.775. The van der Waals surface area contributed by atoms with E-state index >= 15 is 0 Å². The highest BCUT2D eigenvalue weighted by Crippen LogP contribution is 2.20. The second-order valence-electron chi connectivity index (χ2n) is 6.46. The van der Waals surface area contributed by atoms with Crippen LogP contribution in [0.25, 0.3) is 0 Å². The minimum atomic E-state index is -0.120. The number of anilines is 1. The molecule has 0 radical (unpaired) electrons. The highest BCUT2D eigenvalue weighted by Gasteiger charge is 2.25. The predicted molar refractivity (Wildman–Crippen MR) is 101 cm³/mol. The van der Waals surface area contributed by atoms with Gasteiger partial charge in [0.15, 0.2) is 0 Å². The van der Waals surface area contributed by atoms with Crippen molar-refractivity contribution in [3.63, 3.8) is 0 Å². The van der Waals surface area contributed by atoms with Crippen molar-refractivity contribution in [1.29, 1.82) is 0 Å². The molecule has 0 aliphatic carbocycles. The number of aryl methyl sites for hydroxylation is 2. The first-order chi connectivity index (χ1) is 13.1. The molecular formula is C19H20N6O2. The molecule has 0 fully saturated rings. The number of hydrogen-bond acceptors (Lipinski definition) is 5. The van der Waals surface area contributed by atoms with Gasteiger partial charge in [-0.25, -0.2) is 4.79 Å². The molecule has 1 aliphatic rings. The third kappa shape index (κ3) is 3.46. The van der Waals surface area contributed by atoms with Crippen molar-refractivity contribution in [3.05, 3.63) is 65.3 Å². The lowest BCUT2D eigenvalue weighted by atomic mass is 10.2. The van der Waals surface area contributed by atoms with Crippen LogP contribution in [0.1, 0.15) is 22.6 Å². The number of hydrogen-bond donors (Lipinski definition) is 0. The molecule has 0 saturated heterocycles. The van der Waals surface area contributed by atoms with Crippen LogP contribution in [0, 0.1) is 13.8 Å². The molecule has 3 aromatic rings. The number of urea groups is 1. The van der Waals surface area contributed by atoms with Gasteiger partial charge in [-0.1, -0.05) is 35.5 Å². The molecule has 8 heteroatoms. The summed E-state index contributed by atoms with van der Waals surface area (Å²) in [4.78, 5) is 20.4. The van der Waals surface area contributed by atoms with Crippen molar-refractivity contribution < 1.29 is 9.32 Å². The third-order valence-electron chi connectivity index (χ3n) is 4.55. The molecule has 0 atom stereocenters. The first kappa shape index (κ1) is 17.0. The molecule has 0 saturated carbocycles. The van der Waals surface area contributed by atoms with Gasteiger partial charge in [0, 0.05) is 11.8 Å². The summed E-state index contributed by atoms with van der Waals surface area (Å²) in [6.07, 6.45) is 5.11. The van der Waals surface area contributed by atoms with Crippen LogP contribution in [0.5, 0.6) is 0 Å². The van der Waals surface area contributed by atoms with Gasteiger partial charge in [0.2, 0.25) is 0 Å². The van der Waals surface area contributed by atoms with E-state index in [4.69, 9.17) is 4.52 Å². The quantitative estimate of drug-likeness (QED) is 0.697. The first-order valence-corrected chi connectivity index (χ1v) is 8.68. The minimum absolute atomic E-state index is 0.120. The van der Waals surface area contributed by atoms with Gasteiger partial charge in [0.05, 0.1) is 37.0 Å². The molecule has 4 rings (SSSR count). The number of amides is 2. The van der Waals surface area contributed by atoms with E-state index < -0.39 is 0 Å². The molecule has 27 heavy (non-hydrogen) atoms. The molecule has 1 aliphatic heterocycles. The summed E-state index contributed by atoms with van der Waals surface area (Å²) >= 11 is 0. The molecule has 3 heterocycles. The molecule has 0 bridgehead atoms. The molecular weight excluding hydrogens is 344 g/mol. The van der Waals surface area contributed by atoms with E-state index in [0.29, 0.717) is 18.8 Å². The van der Waals surface area contributed by atoms with Crippen molar-refractivity contribution >= 4 is 18.1 Å². The summed E-state index contributed by atoms with van der Waals surface area (Å²) in [7, 11) is 0. The van der Waals surface area contributed by atoms with E-state index in [1.807, 2.05) is 50.4 Å². The second kappa shape index (κ2) is 7.06. The molecule has 1 aromatic carbocycles. The maximum absolute atomic E-state index is 12.9. The zero-order valence-corrected chi connectivity index (χ0v) is 15.2. The van der Waals surface area contributed by atoms with E-state index in [0.717, 1.165) is 22.6 Å². The average Bonchev–Trinajstić information content (AvgIpc) is 3.26. The van der Waals surface area contributed by atoms with E-state index in [-0.39, 0.29) is 12.7 Å². The Morgan fingerprint density at radius 2 is 1.96 bits per heavy atom. The van der Waals surface area contributed by atoms with Gasteiger partial charge in [-0.05, 0) is 19.4 Å². The van der Waals surface area contributed by atoms with E-state index in [1.54, 1.807) is 27.0 Å². The van der Waals surface area contributed by atoms with Gasteiger partial charge in [-0.15, -0.1) is 0 Å². The average molecular weight is 364 g/mol. The topological polar surface area (TPSA) is 79.8 Å². The zero-order valence-electron chi connectivity index (χ0n) is 15.2. The van der Waals surface area contributed by atoms with Crippen LogP contribution in [-0.4, -0.2) is 38.9 Å². The Kier molecular flexibility index (Phi) is 4.45. The van der Waals surface area contributed by atoms with Gasteiger partial charge in [-0.2, -0.15) is 5.10 Å². The van der Waals surface area contributed by atoms with E-state index in [2.05, 4.69) is 15.2 Å². The fourth-order valence-electron chi connectivity index (χ4n) is 3.03.